The van der Waals surface area contributed by atoms with Gasteiger partial charge in [0.05, 0.1) is 16.6 Å². The molecule has 4 nitrogen and oxygen atoms in total. The molecule has 1 aromatic carbocycles. The number of rotatable bonds is 3. The Kier molecular flexibility index (Phi) is 2.88. The van der Waals surface area contributed by atoms with Crippen molar-refractivity contribution in [1.29, 1.82) is 0 Å². The van der Waals surface area contributed by atoms with Crippen LogP contribution in [0, 0.1) is 0 Å². The zero-order valence-electron chi connectivity index (χ0n) is 10.3. The highest BCUT2D eigenvalue weighted by Gasteiger charge is 2.14. The zero-order valence-corrected chi connectivity index (χ0v) is 10.3. The van der Waals surface area contributed by atoms with Crippen LogP contribution >= 0.6 is 0 Å². The van der Waals surface area contributed by atoms with Crippen molar-refractivity contribution in [2.24, 2.45) is 7.05 Å². The summed E-state index contributed by atoms with van der Waals surface area (Å²) in [5.41, 5.74) is 2.03. The van der Waals surface area contributed by atoms with Gasteiger partial charge in [-0.3, -0.25) is 0 Å². The second kappa shape index (κ2) is 4.20. The van der Waals surface area contributed by atoms with Crippen LogP contribution in [0.5, 0.6) is 0 Å². The molecule has 0 aliphatic rings. The highest BCUT2D eigenvalue weighted by atomic mass is 16.4. The van der Waals surface area contributed by atoms with Crippen LogP contribution in [0.2, 0.25) is 0 Å². The van der Waals surface area contributed by atoms with Crippen molar-refractivity contribution in [3.63, 3.8) is 0 Å². The van der Waals surface area contributed by atoms with E-state index in [4.69, 9.17) is 5.11 Å². The maximum atomic E-state index is 10.9. The molecule has 0 amide bonds. The number of carboxylic acids is 1. The molecule has 1 aromatic heterocycles. The number of aryl methyl sites for hydroxylation is 1. The van der Waals surface area contributed by atoms with E-state index in [0.29, 0.717) is 11.5 Å². The van der Waals surface area contributed by atoms with Gasteiger partial charge in [0.2, 0.25) is 0 Å². The molecule has 90 valence electrons. The van der Waals surface area contributed by atoms with Crippen molar-refractivity contribution in [2.45, 2.75) is 26.2 Å². The minimum atomic E-state index is -0.904. The summed E-state index contributed by atoms with van der Waals surface area (Å²) in [5.74, 6) is 0.476. The van der Waals surface area contributed by atoms with E-state index in [9.17, 15) is 4.79 Å². The monoisotopic (exact) mass is 232 g/mol. The van der Waals surface area contributed by atoms with Gasteiger partial charge in [-0.15, -0.1) is 0 Å². The van der Waals surface area contributed by atoms with E-state index < -0.39 is 5.97 Å². The Labute approximate surface area is 99.9 Å². The van der Waals surface area contributed by atoms with E-state index in [0.717, 1.165) is 23.3 Å². The lowest BCUT2D eigenvalue weighted by atomic mass is 10.1. The first-order valence-electron chi connectivity index (χ1n) is 5.74. The average Bonchev–Trinajstić information content (AvgIpc) is 2.65. The van der Waals surface area contributed by atoms with Crippen molar-refractivity contribution >= 4 is 17.0 Å². The summed E-state index contributed by atoms with van der Waals surface area (Å²) in [4.78, 5) is 15.5. The van der Waals surface area contributed by atoms with Crippen LogP contribution in [0.25, 0.3) is 11.0 Å². The van der Waals surface area contributed by atoms with Gasteiger partial charge in [-0.2, -0.15) is 0 Å². The summed E-state index contributed by atoms with van der Waals surface area (Å²) in [7, 11) is 1.93. The fourth-order valence-electron chi connectivity index (χ4n) is 1.96. The normalized spacial score (nSPS) is 12.9. The van der Waals surface area contributed by atoms with E-state index in [1.165, 1.54) is 0 Å². The average molecular weight is 232 g/mol. The van der Waals surface area contributed by atoms with Gasteiger partial charge in [0.1, 0.15) is 5.82 Å². The quantitative estimate of drug-likeness (QED) is 0.885. The molecule has 0 bridgehead atoms. The highest BCUT2D eigenvalue weighted by molar-refractivity contribution is 5.92. The molecule has 0 spiro atoms. The molecule has 2 rings (SSSR count). The van der Waals surface area contributed by atoms with Crippen molar-refractivity contribution in [1.82, 2.24) is 9.55 Å². The molecule has 1 unspecified atom stereocenters. The largest absolute Gasteiger partial charge is 0.478 e. The summed E-state index contributed by atoms with van der Waals surface area (Å²) < 4.78 is 1.98. The van der Waals surface area contributed by atoms with E-state index in [1.807, 2.05) is 11.6 Å². The Morgan fingerprint density at radius 2 is 2.24 bits per heavy atom. The minimum Gasteiger partial charge on any atom is -0.478 e. The molecular formula is C13H16N2O2. The number of carboxylic acid groups (broad SMARTS) is 1. The molecule has 1 heterocycles. The van der Waals surface area contributed by atoms with Gasteiger partial charge in [0.15, 0.2) is 0 Å². The molecular weight excluding hydrogens is 216 g/mol. The van der Waals surface area contributed by atoms with Crippen LogP contribution in [-0.4, -0.2) is 20.6 Å². The van der Waals surface area contributed by atoms with E-state index in [1.54, 1.807) is 18.2 Å². The van der Waals surface area contributed by atoms with Crippen molar-refractivity contribution < 1.29 is 9.90 Å². The topological polar surface area (TPSA) is 55.1 Å². The second-order valence-electron chi connectivity index (χ2n) is 4.35. The van der Waals surface area contributed by atoms with Gasteiger partial charge >= 0.3 is 5.97 Å². The van der Waals surface area contributed by atoms with Gasteiger partial charge in [0.25, 0.3) is 0 Å². The number of nitrogens with zero attached hydrogens (tertiary/aromatic N) is 2. The molecule has 0 fully saturated rings. The molecule has 1 atom stereocenters. The standard InChI is InChI=1S/C13H16N2O2/c1-4-8(2)12-14-10-6-5-9(13(16)17)7-11(10)15(12)3/h5-8H,4H2,1-3H3,(H,16,17). The van der Waals surface area contributed by atoms with Crippen LogP contribution < -0.4 is 0 Å². The number of benzene rings is 1. The molecule has 17 heavy (non-hydrogen) atoms. The Bertz CT molecular complexity index is 572. The predicted octanol–water partition coefficient (Wildman–Crippen LogP) is 2.79. The number of aromatic carboxylic acids is 1. The van der Waals surface area contributed by atoms with Gasteiger partial charge in [0, 0.05) is 13.0 Å². The van der Waals surface area contributed by atoms with Crippen LogP contribution in [0.3, 0.4) is 0 Å². The minimum absolute atomic E-state index is 0.302. The fraction of sp³-hybridized carbons (Fsp3) is 0.385. The zero-order chi connectivity index (χ0) is 12.6. The summed E-state index contributed by atoms with van der Waals surface area (Å²) in [6.45, 7) is 4.24. The van der Waals surface area contributed by atoms with Gasteiger partial charge in [-0.05, 0) is 24.6 Å². The maximum absolute atomic E-state index is 10.9. The highest BCUT2D eigenvalue weighted by Crippen LogP contribution is 2.23. The van der Waals surface area contributed by atoms with Crippen LogP contribution in [-0.2, 0) is 7.05 Å². The third-order valence-corrected chi connectivity index (χ3v) is 3.22. The molecule has 2 aromatic rings. The molecule has 0 aliphatic heterocycles. The smallest absolute Gasteiger partial charge is 0.335 e. The first kappa shape index (κ1) is 11.6. The van der Waals surface area contributed by atoms with E-state index in [2.05, 4.69) is 18.8 Å². The summed E-state index contributed by atoms with van der Waals surface area (Å²) in [5, 5.41) is 8.97. The van der Waals surface area contributed by atoms with Crippen molar-refractivity contribution in [3.8, 4) is 0 Å². The molecule has 4 heteroatoms. The Hall–Kier alpha value is -1.84. The van der Waals surface area contributed by atoms with Gasteiger partial charge < -0.3 is 9.67 Å². The fourth-order valence-corrected chi connectivity index (χ4v) is 1.96. The van der Waals surface area contributed by atoms with Crippen LogP contribution in [0.15, 0.2) is 18.2 Å². The van der Waals surface area contributed by atoms with Gasteiger partial charge in [-0.1, -0.05) is 13.8 Å². The molecule has 0 radical (unpaired) electrons. The van der Waals surface area contributed by atoms with Crippen LogP contribution in [0.1, 0.15) is 42.4 Å². The number of imidazole rings is 1. The summed E-state index contributed by atoms with van der Waals surface area (Å²) in [6, 6.07) is 5.04. The van der Waals surface area contributed by atoms with Crippen molar-refractivity contribution in [2.75, 3.05) is 0 Å². The third kappa shape index (κ3) is 1.90. The predicted molar refractivity (Wildman–Crippen MR) is 66.4 cm³/mol. The lowest BCUT2D eigenvalue weighted by molar-refractivity contribution is 0.0697. The number of fused-ring (bicyclic) bond motifs is 1. The second-order valence-corrected chi connectivity index (χ2v) is 4.35. The first-order valence-corrected chi connectivity index (χ1v) is 5.74. The Morgan fingerprint density at radius 1 is 1.53 bits per heavy atom. The molecule has 0 saturated heterocycles. The number of hydrogen-bond acceptors (Lipinski definition) is 2. The van der Waals surface area contributed by atoms with Gasteiger partial charge in [-0.25, -0.2) is 9.78 Å². The maximum Gasteiger partial charge on any atom is 0.335 e. The lowest BCUT2D eigenvalue weighted by Crippen LogP contribution is -2.02. The number of carbonyl (C=O) groups is 1. The lowest BCUT2D eigenvalue weighted by Gasteiger charge is -2.08. The summed E-state index contributed by atoms with van der Waals surface area (Å²) in [6.07, 6.45) is 1.02. The first-order chi connectivity index (χ1) is 8.04. The SMILES string of the molecule is CCC(C)c1nc2ccc(C(=O)O)cc2n1C. The van der Waals surface area contributed by atoms with E-state index in [-0.39, 0.29) is 0 Å². The molecule has 1 N–H and O–H groups in total. The Balaban J connectivity index is 2.62. The molecule has 0 aliphatic carbocycles. The third-order valence-electron chi connectivity index (χ3n) is 3.22. The van der Waals surface area contributed by atoms with Crippen LogP contribution in [0.4, 0.5) is 0 Å². The molecule has 0 saturated carbocycles. The summed E-state index contributed by atoms with van der Waals surface area (Å²) >= 11 is 0. The number of aromatic nitrogens is 2. The Morgan fingerprint density at radius 3 is 2.82 bits per heavy atom. The number of hydrogen-bond donors (Lipinski definition) is 1. The van der Waals surface area contributed by atoms with E-state index >= 15 is 0 Å². The van der Waals surface area contributed by atoms with Crippen molar-refractivity contribution in [3.05, 3.63) is 29.6 Å².